The summed E-state index contributed by atoms with van der Waals surface area (Å²) < 4.78 is 12.7. The van der Waals surface area contributed by atoms with Crippen molar-refractivity contribution in [2.45, 2.75) is 25.7 Å². The Balaban J connectivity index is 1.50. The fourth-order valence-electron chi connectivity index (χ4n) is 3.44. The average Bonchev–Trinajstić information content (AvgIpc) is 2.97. The number of ketones is 1. The predicted octanol–water partition coefficient (Wildman–Crippen LogP) is 2.53. The van der Waals surface area contributed by atoms with E-state index in [1.807, 2.05) is 0 Å². The molecule has 0 amide bonds. The Morgan fingerprint density at radius 2 is 2.05 bits per heavy atom. The van der Waals surface area contributed by atoms with Crippen molar-refractivity contribution in [2.24, 2.45) is 11.8 Å². The molecule has 19 heavy (non-hydrogen) atoms. The Morgan fingerprint density at radius 1 is 1.32 bits per heavy atom. The molecule has 0 aromatic carbocycles. The minimum Gasteiger partial charge on any atom is -0.302 e. The third-order valence-corrected chi connectivity index (χ3v) is 4.47. The number of aromatic nitrogens is 1. The SMILES string of the molecule is O=C(CCN1CC2CCCC2C1)c1ccc(F)cn1. The summed E-state index contributed by atoms with van der Waals surface area (Å²) in [6.45, 7) is 3.11. The van der Waals surface area contributed by atoms with Crippen LogP contribution >= 0.6 is 0 Å². The second kappa shape index (κ2) is 5.37. The van der Waals surface area contributed by atoms with Crippen LogP contribution in [0.25, 0.3) is 0 Å². The van der Waals surface area contributed by atoms with Crippen LogP contribution in [0.1, 0.15) is 36.2 Å². The van der Waals surface area contributed by atoms with Gasteiger partial charge in [0, 0.05) is 26.1 Å². The summed E-state index contributed by atoms with van der Waals surface area (Å²) in [6, 6.07) is 2.76. The van der Waals surface area contributed by atoms with Crippen molar-refractivity contribution in [2.75, 3.05) is 19.6 Å². The molecule has 0 radical (unpaired) electrons. The minimum atomic E-state index is -0.399. The van der Waals surface area contributed by atoms with Crippen molar-refractivity contribution in [3.8, 4) is 0 Å². The van der Waals surface area contributed by atoms with Crippen LogP contribution in [0.15, 0.2) is 18.3 Å². The smallest absolute Gasteiger partial charge is 0.182 e. The molecule has 102 valence electrons. The molecule has 1 saturated carbocycles. The third-order valence-electron chi connectivity index (χ3n) is 4.47. The van der Waals surface area contributed by atoms with Crippen LogP contribution in [-0.2, 0) is 0 Å². The van der Waals surface area contributed by atoms with Gasteiger partial charge in [0.25, 0.3) is 0 Å². The van der Waals surface area contributed by atoms with E-state index in [-0.39, 0.29) is 5.78 Å². The van der Waals surface area contributed by atoms with Crippen molar-refractivity contribution in [3.63, 3.8) is 0 Å². The zero-order valence-corrected chi connectivity index (χ0v) is 11.0. The quantitative estimate of drug-likeness (QED) is 0.782. The van der Waals surface area contributed by atoms with Gasteiger partial charge in [-0.05, 0) is 36.8 Å². The van der Waals surface area contributed by atoms with E-state index in [0.29, 0.717) is 12.1 Å². The van der Waals surface area contributed by atoms with Crippen LogP contribution < -0.4 is 0 Å². The minimum absolute atomic E-state index is 0.0112. The Kier molecular flexibility index (Phi) is 3.60. The number of nitrogens with zero attached hydrogens (tertiary/aromatic N) is 2. The lowest BCUT2D eigenvalue weighted by molar-refractivity contribution is 0.0962. The lowest BCUT2D eigenvalue weighted by atomic mass is 10.0. The highest BCUT2D eigenvalue weighted by atomic mass is 19.1. The van der Waals surface area contributed by atoms with Crippen molar-refractivity contribution in [1.29, 1.82) is 0 Å². The molecule has 0 bridgehead atoms. The molecule has 1 aliphatic carbocycles. The molecule has 4 heteroatoms. The fraction of sp³-hybridized carbons (Fsp3) is 0.600. The van der Waals surface area contributed by atoms with Crippen LogP contribution in [0, 0.1) is 17.7 Å². The van der Waals surface area contributed by atoms with Gasteiger partial charge in [-0.25, -0.2) is 4.39 Å². The van der Waals surface area contributed by atoms with E-state index in [1.54, 1.807) is 0 Å². The van der Waals surface area contributed by atoms with Gasteiger partial charge in [0.1, 0.15) is 11.5 Å². The molecule has 2 aliphatic rings. The second-order valence-corrected chi connectivity index (χ2v) is 5.75. The first-order valence-electron chi connectivity index (χ1n) is 7.09. The van der Waals surface area contributed by atoms with Crippen molar-refractivity contribution < 1.29 is 9.18 Å². The van der Waals surface area contributed by atoms with E-state index in [9.17, 15) is 9.18 Å². The number of likely N-dealkylation sites (tertiary alicyclic amines) is 1. The number of hydrogen-bond acceptors (Lipinski definition) is 3. The normalized spacial score (nSPS) is 26.6. The van der Waals surface area contributed by atoms with Gasteiger partial charge in [0.05, 0.1) is 6.20 Å². The molecular formula is C15H19FN2O. The van der Waals surface area contributed by atoms with Gasteiger partial charge in [-0.1, -0.05) is 6.42 Å². The van der Waals surface area contributed by atoms with Crippen molar-refractivity contribution in [1.82, 2.24) is 9.88 Å². The van der Waals surface area contributed by atoms with Gasteiger partial charge in [0.15, 0.2) is 5.78 Å². The highest BCUT2D eigenvalue weighted by Crippen LogP contribution is 2.37. The van der Waals surface area contributed by atoms with E-state index < -0.39 is 5.82 Å². The maximum Gasteiger partial charge on any atom is 0.182 e. The predicted molar refractivity (Wildman–Crippen MR) is 70.4 cm³/mol. The second-order valence-electron chi connectivity index (χ2n) is 5.75. The molecule has 2 fully saturated rings. The number of pyridine rings is 1. The summed E-state index contributed by atoms with van der Waals surface area (Å²) in [7, 11) is 0. The Bertz CT molecular complexity index is 448. The fourth-order valence-corrected chi connectivity index (χ4v) is 3.44. The molecule has 3 nitrogen and oxygen atoms in total. The molecular weight excluding hydrogens is 243 g/mol. The van der Waals surface area contributed by atoms with Crippen LogP contribution in [0.3, 0.4) is 0 Å². The third kappa shape index (κ3) is 2.84. The maximum atomic E-state index is 12.7. The molecule has 1 saturated heterocycles. The molecule has 2 atom stereocenters. The van der Waals surface area contributed by atoms with Crippen LogP contribution in [0.4, 0.5) is 4.39 Å². The van der Waals surface area contributed by atoms with Crippen molar-refractivity contribution >= 4 is 5.78 Å². The molecule has 3 rings (SSSR count). The average molecular weight is 262 g/mol. The molecule has 0 N–H and O–H groups in total. The van der Waals surface area contributed by atoms with Gasteiger partial charge in [-0.2, -0.15) is 0 Å². The van der Waals surface area contributed by atoms with Crippen LogP contribution in [0.5, 0.6) is 0 Å². The summed E-state index contributed by atoms with van der Waals surface area (Å²) in [5, 5.41) is 0. The van der Waals surface area contributed by atoms with E-state index in [2.05, 4.69) is 9.88 Å². The van der Waals surface area contributed by atoms with Gasteiger partial charge >= 0.3 is 0 Å². The van der Waals surface area contributed by atoms with E-state index in [0.717, 1.165) is 37.7 Å². The zero-order chi connectivity index (χ0) is 13.2. The number of halogens is 1. The first kappa shape index (κ1) is 12.7. The highest BCUT2D eigenvalue weighted by Gasteiger charge is 2.35. The molecule has 1 aromatic rings. The lowest BCUT2D eigenvalue weighted by Crippen LogP contribution is -2.25. The van der Waals surface area contributed by atoms with Crippen molar-refractivity contribution in [3.05, 3.63) is 29.8 Å². The van der Waals surface area contributed by atoms with E-state index in [4.69, 9.17) is 0 Å². The zero-order valence-electron chi connectivity index (χ0n) is 11.0. The first-order valence-corrected chi connectivity index (χ1v) is 7.09. The number of rotatable bonds is 4. The number of carbonyl (C=O) groups is 1. The molecule has 1 aliphatic heterocycles. The molecule has 2 unspecified atom stereocenters. The Morgan fingerprint density at radius 3 is 2.68 bits per heavy atom. The maximum absolute atomic E-state index is 12.7. The monoisotopic (exact) mass is 262 g/mol. The van der Waals surface area contributed by atoms with Gasteiger partial charge < -0.3 is 4.90 Å². The summed E-state index contributed by atoms with van der Waals surface area (Å²) in [4.78, 5) is 18.2. The number of fused-ring (bicyclic) bond motifs is 1. The summed E-state index contributed by atoms with van der Waals surface area (Å²) in [5.74, 6) is 1.33. The first-order chi connectivity index (χ1) is 9.22. The Labute approximate surface area is 112 Å². The topological polar surface area (TPSA) is 33.2 Å². The van der Waals surface area contributed by atoms with E-state index >= 15 is 0 Å². The summed E-state index contributed by atoms with van der Waals surface area (Å²) in [5.41, 5.74) is 0.376. The molecule has 2 heterocycles. The number of carbonyl (C=O) groups excluding carboxylic acids is 1. The van der Waals surface area contributed by atoms with Gasteiger partial charge in [-0.15, -0.1) is 0 Å². The number of Topliss-reactive ketones (excluding diaryl/α,β-unsaturated/α-hetero) is 1. The van der Waals surface area contributed by atoms with Crippen LogP contribution in [-0.4, -0.2) is 35.3 Å². The van der Waals surface area contributed by atoms with Gasteiger partial charge in [0.2, 0.25) is 0 Å². The summed E-state index contributed by atoms with van der Waals surface area (Å²) in [6.07, 6.45) is 5.68. The largest absolute Gasteiger partial charge is 0.302 e. The molecule has 1 aromatic heterocycles. The molecule has 0 spiro atoms. The number of hydrogen-bond donors (Lipinski definition) is 0. The van der Waals surface area contributed by atoms with Gasteiger partial charge in [-0.3, -0.25) is 9.78 Å². The van der Waals surface area contributed by atoms with Crippen LogP contribution in [0.2, 0.25) is 0 Å². The van der Waals surface area contributed by atoms with E-state index in [1.165, 1.54) is 31.4 Å². The lowest BCUT2D eigenvalue weighted by Gasteiger charge is -2.15. The Hall–Kier alpha value is -1.29. The summed E-state index contributed by atoms with van der Waals surface area (Å²) >= 11 is 0. The highest BCUT2D eigenvalue weighted by molar-refractivity contribution is 5.94. The standard InChI is InChI=1S/C15H19FN2O/c16-13-4-5-14(17-8-13)15(19)6-7-18-9-11-2-1-3-12(11)10-18/h4-5,8,11-12H,1-3,6-7,9-10H2.